The third kappa shape index (κ3) is 25.3. The quantitative estimate of drug-likeness (QED) is 0.0896. The van der Waals surface area contributed by atoms with Crippen LogP contribution in [0.2, 0.25) is 0 Å². The number of hydrogen-bond donors (Lipinski definition) is 0. The van der Waals surface area contributed by atoms with Crippen LogP contribution in [0.25, 0.3) is 11.4 Å². The van der Waals surface area contributed by atoms with Crippen LogP contribution in [0, 0.1) is 55.4 Å². The standard InChI is InChI=1S/C24H32N2.C19H26N2.C16H13N3.C15H18N2.C13H14N2.C12H12N2O/c1-17-13-21(19-9-5-3-6-10-19)15-23(25-17)24-16-22(14-18(2)26-24)20-11-7-4-8-12-20;1-13(2)15-9-7-11-17(20-15)19(5,6)18-12-8-10-16(21-18)14(3)4;1-2-8-14(9-3-1)19(15-10-4-6-12-17-15)16-11-5-7-13-18-16;1-11-7-5-9-13(16-11)15(3,4)14-10-6-8-12(2)17-14;1-10-5-3-7-12(14-10)9-13-8-4-6-11(2)15-13;1-9-5-3-7-11(13-9)15-12-8-4-6-10(2)14-12/h13-16,19-20H,3-12H2,1-2H3;7-14H,1-6H3;1-13H;5-10H,1-4H3;3-8H,9H2,1-2H3;3-8H,1-2H3. The number of para-hydroxylation sites is 1. The number of benzene rings is 1. The SMILES string of the molecule is CC(C)c1cccc(C(C)(C)c2cccc(C(C)C)n2)n1.Cc1cc(C2CCCCC2)cc(-c2cc(C3CCCCC3)cc(C)n2)n1.Cc1cccc(C(C)(C)c2cccc(C)n2)n1.Cc1cccc(Cc2cccc(C)n2)n1.Cc1cccc(Oc2cccc(C)n2)n1.c1ccc(N(c2ccccn2)c2ccccn2)cc1. The first-order chi connectivity index (χ1) is 54.4. The van der Waals surface area contributed by atoms with Crippen molar-refractivity contribution < 1.29 is 4.74 Å². The minimum atomic E-state index is -0.185. The molecular formula is C99H115N13O. The predicted molar refractivity (Wildman–Crippen MR) is 463 cm³/mol. The first kappa shape index (κ1) is 84.1. The number of aromatic nitrogens is 12. The zero-order valence-electron chi connectivity index (χ0n) is 69.5. The number of anilines is 3. The van der Waals surface area contributed by atoms with E-state index < -0.39 is 0 Å². The van der Waals surface area contributed by atoms with Crippen molar-refractivity contribution >= 4 is 17.3 Å². The molecule has 14 nitrogen and oxygen atoms in total. The predicted octanol–water partition coefficient (Wildman–Crippen LogP) is 24.8. The van der Waals surface area contributed by atoms with Crippen LogP contribution < -0.4 is 9.64 Å². The fourth-order valence-corrected chi connectivity index (χ4v) is 14.1. The van der Waals surface area contributed by atoms with Crippen molar-refractivity contribution in [3.05, 3.63) is 351 Å². The van der Waals surface area contributed by atoms with Crippen LogP contribution in [0.1, 0.15) is 245 Å². The molecular weight excluding hydrogens is 1390 g/mol. The van der Waals surface area contributed by atoms with E-state index in [2.05, 4.69) is 194 Å². The molecule has 1 aromatic carbocycles. The number of nitrogens with zero attached hydrogens (tertiary/aromatic N) is 13. The zero-order valence-corrected chi connectivity index (χ0v) is 69.5. The van der Waals surface area contributed by atoms with Crippen LogP contribution in [0.15, 0.2) is 249 Å². The van der Waals surface area contributed by atoms with E-state index in [1.54, 1.807) is 12.4 Å². The third-order valence-electron chi connectivity index (χ3n) is 20.4. The minimum absolute atomic E-state index is 0.155. The molecule has 0 spiro atoms. The van der Waals surface area contributed by atoms with E-state index in [1.807, 2.05) is 198 Å². The van der Waals surface area contributed by atoms with Gasteiger partial charge in [0.1, 0.15) is 11.6 Å². The highest BCUT2D eigenvalue weighted by molar-refractivity contribution is 5.71. The average Bonchev–Trinajstić information content (AvgIpc) is 1.36. The summed E-state index contributed by atoms with van der Waals surface area (Å²) < 4.78 is 5.52. The maximum absolute atomic E-state index is 5.52. The van der Waals surface area contributed by atoms with Crippen LogP contribution in [-0.2, 0) is 17.3 Å². The molecule has 0 unspecified atom stereocenters. The Morgan fingerprint density at radius 3 is 1.03 bits per heavy atom. The lowest BCUT2D eigenvalue weighted by molar-refractivity contribution is 0.442. The molecule has 0 bridgehead atoms. The molecule has 582 valence electrons. The van der Waals surface area contributed by atoms with Gasteiger partial charge in [-0.05, 0) is 289 Å². The number of hydrogen-bond acceptors (Lipinski definition) is 14. The molecule has 2 aliphatic carbocycles. The molecule has 2 saturated carbocycles. The molecule has 0 radical (unpaired) electrons. The third-order valence-corrected chi connectivity index (χ3v) is 20.4. The molecule has 113 heavy (non-hydrogen) atoms. The highest BCUT2D eigenvalue weighted by Crippen LogP contribution is 2.38. The second-order valence-corrected chi connectivity index (χ2v) is 31.4. The van der Waals surface area contributed by atoms with Crippen LogP contribution in [0.4, 0.5) is 17.3 Å². The first-order valence-electron chi connectivity index (χ1n) is 40.3. The molecule has 0 atom stereocenters. The van der Waals surface area contributed by atoms with E-state index in [0.29, 0.717) is 35.4 Å². The fraction of sp³-hybridized carbons (Fsp3) is 0.333. The fourth-order valence-electron chi connectivity index (χ4n) is 14.1. The Morgan fingerprint density at radius 2 is 0.673 bits per heavy atom. The van der Waals surface area contributed by atoms with Crippen LogP contribution in [-0.4, -0.2) is 59.8 Å². The van der Waals surface area contributed by atoms with Gasteiger partial charge in [-0.1, -0.05) is 145 Å². The van der Waals surface area contributed by atoms with Crippen LogP contribution >= 0.6 is 0 Å². The first-order valence-corrected chi connectivity index (χ1v) is 40.3. The summed E-state index contributed by atoms with van der Waals surface area (Å²) in [6, 6.07) is 79.4. The summed E-state index contributed by atoms with van der Waals surface area (Å²) in [6.07, 6.45) is 18.0. The molecule has 13 aromatic rings. The average molecular weight is 1500 g/mol. The number of rotatable bonds is 16. The Kier molecular flexibility index (Phi) is 30.7. The molecule has 14 heteroatoms. The summed E-state index contributed by atoms with van der Waals surface area (Å²) in [7, 11) is 0. The van der Waals surface area contributed by atoms with Gasteiger partial charge in [0.15, 0.2) is 0 Å². The van der Waals surface area contributed by atoms with E-state index in [4.69, 9.17) is 24.7 Å². The molecule has 15 rings (SSSR count). The lowest BCUT2D eigenvalue weighted by atomic mass is 9.83. The number of pyridine rings is 12. The molecule has 12 heterocycles. The summed E-state index contributed by atoms with van der Waals surface area (Å²) in [5, 5.41) is 0. The molecule has 0 N–H and O–H groups in total. The van der Waals surface area contributed by atoms with Crippen molar-refractivity contribution in [1.82, 2.24) is 59.8 Å². The van der Waals surface area contributed by atoms with E-state index >= 15 is 0 Å². The highest BCUT2D eigenvalue weighted by atomic mass is 16.5. The lowest BCUT2D eigenvalue weighted by Crippen LogP contribution is -2.23. The van der Waals surface area contributed by atoms with Crippen molar-refractivity contribution in [2.24, 2.45) is 0 Å². The van der Waals surface area contributed by atoms with Gasteiger partial charge in [-0.25, -0.2) is 19.9 Å². The Hall–Kier alpha value is -11.4. The van der Waals surface area contributed by atoms with Gasteiger partial charge in [-0.2, -0.15) is 0 Å². The summed E-state index contributed by atoms with van der Waals surface area (Å²) in [6.45, 7) is 33.6. The summed E-state index contributed by atoms with van der Waals surface area (Å²) in [4.78, 5) is 56.9. The molecule has 2 fully saturated rings. The summed E-state index contributed by atoms with van der Waals surface area (Å²) in [5.41, 5.74) is 22.9. The molecule has 0 amide bonds. The van der Waals surface area contributed by atoms with E-state index in [0.717, 1.165) is 126 Å². The topological polar surface area (TPSA) is 167 Å². The van der Waals surface area contributed by atoms with E-state index in [1.165, 1.54) is 75.3 Å². The maximum Gasteiger partial charge on any atom is 0.221 e. The Balaban J connectivity index is 0.000000145. The Bertz CT molecular complexity index is 4660. The van der Waals surface area contributed by atoms with Gasteiger partial charge in [0, 0.05) is 116 Å². The van der Waals surface area contributed by atoms with E-state index in [9.17, 15) is 0 Å². The molecule has 0 aliphatic heterocycles. The Morgan fingerprint density at radius 1 is 0.327 bits per heavy atom. The van der Waals surface area contributed by atoms with Gasteiger partial charge in [0.2, 0.25) is 11.8 Å². The van der Waals surface area contributed by atoms with Gasteiger partial charge in [0.25, 0.3) is 0 Å². The van der Waals surface area contributed by atoms with Crippen molar-refractivity contribution in [2.45, 2.75) is 216 Å². The smallest absolute Gasteiger partial charge is 0.221 e. The van der Waals surface area contributed by atoms with Gasteiger partial charge in [-0.15, -0.1) is 0 Å². The van der Waals surface area contributed by atoms with Crippen LogP contribution in [0.3, 0.4) is 0 Å². The summed E-state index contributed by atoms with van der Waals surface area (Å²) in [5.74, 6) is 5.17. The Labute approximate surface area is 673 Å². The number of aryl methyl sites for hydroxylation is 8. The normalized spacial score (nSPS) is 12.9. The second-order valence-electron chi connectivity index (χ2n) is 31.4. The van der Waals surface area contributed by atoms with Gasteiger partial charge < -0.3 is 4.74 Å². The van der Waals surface area contributed by atoms with Crippen molar-refractivity contribution in [1.29, 1.82) is 0 Å². The molecule has 12 aromatic heterocycles. The van der Waals surface area contributed by atoms with E-state index in [-0.39, 0.29) is 10.8 Å². The van der Waals surface area contributed by atoms with Crippen molar-refractivity contribution in [3.8, 4) is 23.1 Å². The monoisotopic (exact) mass is 1500 g/mol. The van der Waals surface area contributed by atoms with Gasteiger partial charge >= 0.3 is 0 Å². The van der Waals surface area contributed by atoms with Crippen LogP contribution in [0.5, 0.6) is 11.8 Å². The van der Waals surface area contributed by atoms with Gasteiger partial charge in [0.05, 0.1) is 34.2 Å². The molecule has 2 aliphatic rings. The van der Waals surface area contributed by atoms with Crippen molar-refractivity contribution in [2.75, 3.05) is 4.90 Å². The number of ether oxygens (including phenoxy) is 1. The largest absolute Gasteiger partial charge is 0.421 e. The molecule has 0 saturated heterocycles. The lowest BCUT2D eigenvalue weighted by Gasteiger charge is -2.25. The van der Waals surface area contributed by atoms with Gasteiger partial charge in [-0.3, -0.25) is 44.8 Å². The zero-order chi connectivity index (χ0) is 80.3. The highest BCUT2D eigenvalue weighted by Gasteiger charge is 2.29. The second kappa shape index (κ2) is 41.2. The minimum Gasteiger partial charge on any atom is -0.421 e. The van der Waals surface area contributed by atoms with Crippen molar-refractivity contribution in [3.63, 3.8) is 0 Å². The summed E-state index contributed by atoms with van der Waals surface area (Å²) >= 11 is 0. The maximum atomic E-state index is 5.52.